The van der Waals surface area contributed by atoms with Crippen LogP contribution in [-0.2, 0) is 0 Å². The van der Waals surface area contributed by atoms with Crippen LogP contribution in [0.4, 0.5) is 0 Å². The van der Waals surface area contributed by atoms with Crippen LogP contribution in [0.5, 0.6) is 0 Å². The summed E-state index contributed by atoms with van der Waals surface area (Å²) in [4.78, 5) is 2.45. The van der Waals surface area contributed by atoms with Crippen molar-refractivity contribution in [2.24, 2.45) is 5.73 Å². The van der Waals surface area contributed by atoms with Crippen LogP contribution in [0.1, 0.15) is 24.3 Å². The van der Waals surface area contributed by atoms with Crippen molar-refractivity contribution >= 4 is 23.2 Å². The van der Waals surface area contributed by atoms with Crippen LogP contribution in [0, 0.1) is 0 Å². The second-order valence-corrected chi connectivity index (χ2v) is 8.34. The monoisotopic (exact) mass is 389 g/mol. The Morgan fingerprint density at radius 2 is 1.96 bits per heavy atom. The van der Waals surface area contributed by atoms with Gasteiger partial charge in [0.1, 0.15) is 0 Å². The molecule has 138 valence electrons. The van der Waals surface area contributed by atoms with Crippen LogP contribution in [0.3, 0.4) is 0 Å². The standard InChI is InChI=1S/C21H25Cl2N3/c22-16-3-1-2-14(10-16)15-4-5-18(20(23)11-15)19-12-21(19)25-7-9-26-8-6-17(24)13-26/h1-5,10-11,17,19,21,25H,6-9,12-13,24H2. The van der Waals surface area contributed by atoms with Crippen molar-refractivity contribution in [3.63, 3.8) is 0 Å². The van der Waals surface area contributed by atoms with Crippen LogP contribution in [-0.4, -0.2) is 43.2 Å². The zero-order valence-corrected chi connectivity index (χ0v) is 16.3. The smallest absolute Gasteiger partial charge is 0.0447 e. The van der Waals surface area contributed by atoms with Crippen molar-refractivity contribution in [2.75, 3.05) is 26.2 Å². The quantitative estimate of drug-likeness (QED) is 0.779. The van der Waals surface area contributed by atoms with Crippen molar-refractivity contribution in [1.82, 2.24) is 10.2 Å². The molecule has 2 fully saturated rings. The summed E-state index contributed by atoms with van der Waals surface area (Å²) in [5, 5.41) is 5.26. The van der Waals surface area contributed by atoms with Crippen LogP contribution >= 0.6 is 23.2 Å². The van der Waals surface area contributed by atoms with Crippen LogP contribution in [0.2, 0.25) is 10.0 Å². The molecule has 1 aliphatic heterocycles. The number of hydrogen-bond donors (Lipinski definition) is 2. The summed E-state index contributed by atoms with van der Waals surface area (Å²) in [6, 6.07) is 15.2. The fourth-order valence-electron chi connectivity index (χ4n) is 3.91. The van der Waals surface area contributed by atoms with Gasteiger partial charge in [0, 0.05) is 47.7 Å². The van der Waals surface area contributed by atoms with Crippen molar-refractivity contribution in [2.45, 2.75) is 30.8 Å². The number of rotatable bonds is 6. The zero-order chi connectivity index (χ0) is 18.1. The lowest BCUT2D eigenvalue weighted by molar-refractivity contribution is 0.331. The van der Waals surface area contributed by atoms with Gasteiger partial charge >= 0.3 is 0 Å². The molecule has 1 saturated carbocycles. The van der Waals surface area contributed by atoms with E-state index in [0.29, 0.717) is 18.0 Å². The Bertz CT molecular complexity index is 780. The summed E-state index contributed by atoms with van der Waals surface area (Å²) in [5.74, 6) is 0.525. The van der Waals surface area contributed by atoms with Crippen molar-refractivity contribution < 1.29 is 0 Å². The first-order chi connectivity index (χ1) is 12.6. The summed E-state index contributed by atoms with van der Waals surface area (Å²) in [5.41, 5.74) is 9.42. The lowest BCUT2D eigenvalue weighted by Gasteiger charge is -2.15. The number of nitrogens with one attached hydrogen (secondary N) is 1. The van der Waals surface area contributed by atoms with Gasteiger partial charge in [-0.3, -0.25) is 0 Å². The number of benzene rings is 2. The zero-order valence-electron chi connectivity index (χ0n) is 14.8. The summed E-state index contributed by atoms with van der Waals surface area (Å²) >= 11 is 12.7. The molecule has 26 heavy (non-hydrogen) atoms. The molecule has 3 atom stereocenters. The number of nitrogens with two attached hydrogens (primary N) is 1. The van der Waals surface area contributed by atoms with Gasteiger partial charge in [-0.25, -0.2) is 0 Å². The van der Waals surface area contributed by atoms with Gasteiger partial charge in [0.05, 0.1) is 0 Å². The van der Waals surface area contributed by atoms with E-state index in [-0.39, 0.29) is 0 Å². The maximum absolute atomic E-state index is 6.59. The van der Waals surface area contributed by atoms with E-state index in [1.165, 1.54) is 5.56 Å². The van der Waals surface area contributed by atoms with E-state index in [1.54, 1.807) is 0 Å². The third-order valence-electron chi connectivity index (χ3n) is 5.49. The third-order valence-corrected chi connectivity index (χ3v) is 6.05. The number of halogens is 2. The molecule has 1 aliphatic carbocycles. The Balaban J connectivity index is 1.33. The van der Waals surface area contributed by atoms with E-state index >= 15 is 0 Å². The van der Waals surface area contributed by atoms with E-state index in [9.17, 15) is 0 Å². The molecule has 2 aliphatic rings. The highest BCUT2D eigenvalue weighted by atomic mass is 35.5. The molecule has 2 aromatic carbocycles. The highest BCUT2D eigenvalue weighted by molar-refractivity contribution is 6.32. The van der Waals surface area contributed by atoms with Gasteiger partial charge in [-0.15, -0.1) is 0 Å². The molecule has 3 nitrogen and oxygen atoms in total. The molecule has 0 radical (unpaired) electrons. The minimum absolute atomic E-state index is 0.362. The number of nitrogens with zero attached hydrogens (tertiary/aromatic N) is 1. The first kappa shape index (κ1) is 18.3. The van der Waals surface area contributed by atoms with E-state index in [4.69, 9.17) is 28.9 Å². The van der Waals surface area contributed by atoms with E-state index in [0.717, 1.165) is 60.2 Å². The minimum Gasteiger partial charge on any atom is -0.326 e. The average molecular weight is 390 g/mol. The maximum Gasteiger partial charge on any atom is 0.0447 e. The molecule has 0 amide bonds. The Labute approximate surface area is 165 Å². The normalized spacial score (nSPS) is 25.6. The highest BCUT2D eigenvalue weighted by Gasteiger charge is 2.39. The van der Waals surface area contributed by atoms with Gasteiger partial charge < -0.3 is 16.0 Å². The van der Waals surface area contributed by atoms with Crippen molar-refractivity contribution in [1.29, 1.82) is 0 Å². The predicted molar refractivity (Wildman–Crippen MR) is 110 cm³/mol. The largest absolute Gasteiger partial charge is 0.326 e. The molecule has 0 aromatic heterocycles. The minimum atomic E-state index is 0.362. The number of likely N-dealkylation sites (tertiary alicyclic amines) is 1. The lowest BCUT2D eigenvalue weighted by Crippen LogP contribution is -2.33. The Morgan fingerprint density at radius 3 is 2.69 bits per heavy atom. The van der Waals surface area contributed by atoms with E-state index in [2.05, 4.69) is 34.5 Å². The molecule has 0 spiro atoms. The summed E-state index contributed by atoms with van der Waals surface area (Å²) < 4.78 is 0. The van der Waals surface area contributed by atoms with Gasteiger partial charge in [-0.1, -0.05) is 47.5 Å². The van der Waals surface area contributed by atoms with E-state index < -0.39 is 0 Å². The van der Waals surface area contributed by atoms with Gasteiger partial charge in [0.25, 0.3) is 0 Å². The first-order valence-electron chi connectivity index (χ1n) is 9.37. The second kappa shape index (κ2) is 7.87. The highest BCUT2D eigenvalue weighted by Crippen LogP contribution is 2.44. The molecule has 3 unspecified atom stereocenters. The fraction of sp³-hybridized carbons (Fsp3) is 0.429. The molecular weight excluding hydrogens is 365 g/mol. The Hall–Kier alpha value is -1.10. The second-order valence-electron chi connectivity index (χ2n) is 7.50. The van der Waals surface area contributed by atoms with Gasteiger partial charge in [-0.05, 0) is 54.3 Å². The lowest BCUT2D eigenvalue weighted by atomic mass is 10.0. The molecule has 1 saturated heterocycles. The molecule has 1 heterocycles. The van der Waals surface area contributed by atoms with Crippen LogP contribution < -0.4 is 11.1 Å². The third kappa shape index (κ3) is 4.24. The SMILES string of the molecule is NC1CCN(CCNC2CC2c2ccc(-c3cccc(Cl)c3)cc2Cl)C1. The van der Waals surface area contributed by atoms with E-state index in [1.807, 2.05) is 18.2 Å². The van der Waals surface area contributed by atoms with Crippen LogP contribution in [0.15, 0.2) is 42.5 Å². The average Bonchev–Trinajstić information content (AvgIpc) is 3.26. The fourth-order valence-corrected chi connectivity index (χ4v) is 4.42. The Kier molecular flexibility index (Phi) is 5.53. The summed E-state index contributed by atoms with van der Waals surface area (Å²) in [6.45, 7) is 4.27. The molecule has 5 heteroatoms. The van der Waals surface area contributed by atoms with Gasteiger partial charge in [-0.2, -0.15) is 0 Å². The molecule has 0 bridgehead atoms. The topological polar surface area (TPSA) is 41.3 Å². The molecule has 4 rings (SSSR count). The first-order valence-corrected chi connectivity index (χ1v) is 10.1. The Morgan fingerprint density at radius 1 is 1.12 bits per heavy atom. The molecular formula is C21H25Cl2N3. The van der Waals surface area contributed by atoms with Crippen molar-refractivity contribution in [3.8, 4) is 11.1 Å². The maximum atomic E-state index is 6.59. The van der Waals surface area contributed by atoms with Crippen LogP contribution in [0.25, 0.3) is 11.1 Å². The molecule has 3 N–H and O–H groups in total. The summed E-state index contributed by atoms with van der Waals surface area (Å²) in [7, 11) is 0. The number of hydrogen-bond acceptors (Lipinski definition) is 3. The predicted octanol–water partition coefficient (Wildman–Crippen LogP) is 4.14. The summed E-state index contributed by atoms with van der Waals surface area (Å²) in [6.07, 6.45) is 2.29. The van der Waals surface area contributed by atoms with Gasteiger partial charge in [0.2, 0.25) is 0 Å². The van der Waals surface area contributed by atoms with Crippen molar-refractivity contribution in [3.05, 3.63) is 58.1 Å². The van der Waals surface area contributed by atoms with Gasteiger partial charge in [0.15, 0.2) is 0 Å². The molecule has 2 aromatic rings.